The van der Waals surface area contributed by atoms with Gasteiger partial charge < -0.3 is 28.1 Å². The van der Waals surface area contributed by atoms with Crippen LogP contribution in [0.2, 0.25) is 0 Å². The van der Waals surface area contributed by atoms with Crippen molar-refractivity contribution >= 4 is 144 Å². The van der Waals surface area contributed by atoms with Gasteiger partial charge in [-0.25, -0.2) is 0 Å². The molecule has 0 radical (unpaired) electrons. The molecule has 0 spiro atoms. The summed E-state index contributed by atoms with van der Waals surface area (Å²) in [6.45, 7) is 15.2. The molecule has 0 unspecified atom stereocenters. The summed E-state index contributed by atoms with van der Waals surface area (Å²) in [5.74, 6) is 0. The van der Waals surface area contributed by atoms with Gasteiger partial charge in [0.05, 0.1) is 116 Å². The SMILES string of the molecule is [2H]c1c2c(c(-n3c4c([2H])c([2H])c([2H])c([2H])c4c4c([2H])c([2H])c([2H])c([2H])c43)c([2H])c1-n1c3c([2H])c([2H])c([2H])c([2H])c3c3c([2H])c([2H])c([2H])c([2H])c31)B1c3c(cc(C(C)(C)C)cc3N(c3c(-c4ccccc4)cc(C(C)(C)C)cc3-c3ccccc3)c3c([2H])c(-n4c5c([2H])c([2H])c([2H])c([2H])c5c5c([2H])c([2H])c([2H])c([2H])c54)c([2H])c(-n4c5c([2H])c([2H])c([2H])c([2H])c5c5c([2H])c([2H])c([2H])c([2H])c54)c31)N2c1c(-c2ccccc2)cc(C(C)(C)C)cc1-c1ccccc1. The average Bonchev–Trinajstić information content (AvgIpc) is 1.64. The molecule has 0 bridgehead atoms. The summed E-state index contributed by atoms with van der Waals surface area (Å²) in [7, 11) is 0. The van der Waals surface area contributed by atoms with E-state index >= 15 is 0 Å². The highest BCUT2D eigenvalue weighted by atomic mass is 15.2. The first-order valence-corrected chi connectivity index (χ1v) is 39.7. The summed E-state index contributed by atoms with van der Waals surface area (Å²) >= 11 is 0. The highest BCUT2D eigenvalue weighted by Crippen LogP contribution is 2.57. The first-order valence-electron chi connectivity index (χ1n) is 57.7. The van der Waals surface area contributed by atoms with Crippen molar-refractivity contribution in [2.75, 3.05) is 9.80 Å². The standard InChI is InChI=1S/C114H89BN6/c1-112(2,3)76-62-89(72-38-14-10-15-39-72)110(90(63-76)73-40-16-11-17-41-73)120-101-66-78(114(7,8)9)67-102-107(101)115(108-103(118-97-58-34-26-50-85(97)86-51-27-35-59-98(86)118)68-79(70-105(108)120)116-93-54-30-22-46-81(93)82-47-23-31-55-94(82)116)109-104(119-99-60-36-28-52-87(99)88-53-29-37-61-100(88)119)69-80(117-95-56-32-24-48-83(95)84-49-25-33-57-96(84)117)71-106(109)121(102)111-91(74-42-18-12-19-43-74)64-77(113(4,5)6)65-92(111)75-44-20-13-21-45-75/h10-71H,1-9H3/i22D,23D,24D,25D,26D,27D,28D,29D,30D,31D,32D,33D,34D,35D,36D,37D,46D,47D,48D,49D,50D,51D,52D,53D,54D,55D,56D,57D,58D,59D,60D,61D,68D,69D,70D,71D. The number of hydrogen-bond donors (Lipinski definition) is 0. The molecule has 2 aliphatic heterocycles. The van der Waals surface area contributed by atoms with Gasteiger partial charge in [-0.1, -0.05) is 329 Å². The van der Waals surface area contributed by atoms with Gasteiger partial charge in [-0.15, -0.1) is 0 Å². The van der Waals surface area contributed by atoms with Crippen molar-refractivity contribution < 1.29 is 49.3 Å². The van der Waals surface area contributed by atoms with E-state index in [4.69, 9.17) is 0 Å². The van der Waals surface area contributed by atoms with Crippen molar-refractivity contribution in [3.63, 3.8) is 0 Å². The highest BCUT2D eigenvalue weighted by Gasteiger charge is 2.50. The van der Waals surface area contributed by atoms with Crippen LogP contribution in [0.5, 0.6) is 0 Å². The number of hydrogen-bond acceptors (Lipinski definition) is 2. The quantitative estimate of drug-likeness (QED) is 0.128. The first kappa shape index (κ1) is 43.9. The molecule has 0 aliphatic carbocycles. The molecule has 0 atom stereocenters. The van der Waals surface area contributed by atoms with Gasteiger partial charge in [-0.05, 0) is 180 Å². The number of benzene rings is 17. The predicted octanol–water partition coefficient (Wildman–Crippen LogP) is 28.7. The van der Waals surface area contributed by atoms with E-state index < -0.39 is 373 Å². The van der Waals surface area contributed by atoms with Crippen LogP contribution in [0.25, 0.3) is 154 Å². The van der Waals surface area contributed by atoms with Crippen molar-refractivity contribution in [1.82, 2.24) is 18.3 Å². The Morgan fingerprint density at radius 1 is 0.231 bits per heavy atom. The van der Waals surface area contributed by atoms with Crippen LogP contribution in [0.15, 0.2) is 375 Å². The number of fused-ring (bicyclic) bond motifs is 16. The molecule has 121 heavy (non-hydrogen) atoms. The van der Waals surface area contributed by atoms with E-state index in [0.29, 0.717) is 61.2 Å². The lowest BCUT2D eigenvalue weighted by Crippen LogP contribution is -2.63. The summed E-state index contributed by atoms with van der Waals surface area (Å²) in [5.41, 5.74) is -10.1. The van der Waals surface area contributed by atoms with Gasteiger partial charge in [-0.2, -0.15) is 0 Å². The fourth-order valence-electron chi connectivity index (χ4n) is 17.9. The van der Waals surface area contributed by atoms with Gasteiger partial charge in [-0.3, -0.25) is 0 Å². The van der Waals surface area contributed by atoms with E-state index in [-0.39, 0.29) is 28.2 Å². The van der Waals surface area contributed by atoms with Gasteiger partial charge in [0, 0.05) is 99.5 Å². The molecule has 2 aliphatic rings. The zero-order valence-corrected chi connectivity index (χ0v) is 66.8. The molecule has 0 saturated heterocycles. The molecular formula is C114H89BN6. The van der Waals surface area contributed by atoms with E-state index in [1.807, 2.05) is 135 Å². The van der Waals surface area contributed by atoms with Crippen LogP contribution >= 0.6 is 0 Å². The lowest BCUT2D eigenvalue weighted by molar-refractivity contribution is 0.590. The molecule has 17 aromatic carbocycles. The van der Waals surface area contributed by atoms with Crippen LogP contribution in [0.3, 0.4) is 0 Å². The van der Waals surface area contributed by atoms with E-state index in [1.54, 1.807) is 94.7 Å². The second-order valence-corrected chi connectivity index (χ2v) is 33.6. The summed E-state index contributed by atoms with van der Waals surface area (Å²) in [6.07, 6.45) is 0. The Kier molecular flexibility index (Phi) is 9.82. The Balaban J connectivity index is 1.14. The van der Waals surface area contributed by atoms with Crippen molar-refractivity contribution in [2.45, 2.75) is 78.6 Å². The van der Waals surface area contributed by atoms with Crippen LogP contribution in [-0.2, 0) is 16.2 Å². The Bertz CT molecular complexity index is 9160. The average molecular weight is 1590 g/mol. The second-order valence-electron chi connectivity index (χ2n) is 33.6. The second kappa shape index (κ2) is 27.1. The molecule has 0 fully saturated rings. The summed E-state index contributed by atoms with van der Waals surface area (Å²) < 4.78 is 379. The van der Waals surface area contributed by atoms with E-state index in [0.717, 1.165) is 18.3 Å². The molecule has 4 aromatic heterocycles. The van der Waals surface area contributed by atoms with Gasteiger partial charge in [0.25, 0.3) is 6.71 Å². The fourth-order valence-corrected chi connectivity index (χ4v) is 17.9. The Morgan fingerprint density at radius 2 is 0.438 bits per heavy atom. The largest absolute Gasteiger partial charge is 0.310 e. The minimum Gasteiger partial charge on any atom is -0.310 e. The third-order valence-corrected chi connectivity index (χ3v) is 23.5. The third kappa shape index (κ3) is 11.1. The van der Waals surface area contributed by atoms with Crippen LogP contribution in [0, 0.1) is 0 Å². The van der Waals surface area contributed by atoms with Gasteiger partial charge >= 0.3 is 0 Å². The molecule has 0 amide bonds. The molecule has 6 heterocycles. The first-order chi connectivity index (χ1) is 74.0. The fraction of sp³-hybridized carbons (Fsp3) is 0.105. The zero-order chi connectivity index (χ0) is 113. The minimum atomic E-state index is -2.40. The van der Waals surface area contributed by atoms with Crippen molar-refractivity contribution in [3.05, 3.63) is 392 Å². The van der Waals surface area contributed by atoms with E-state index in [1.165, 1.54) is 0 Å². The molecule has 7 heteroatoms. The van der Waals surface area contributed by atoms with E-state index in [9.17, 15) is 49.3 Å². The van der Waals surface area contributed by atoms with Crippen LogP contribution in [0.4, 0.5) is 34.1 Å². The lowest BCUT2D eigenvalue weighted by atomic mass is 9.32. The van der Waals surface area contributed by atoms with Crippen molar-refractivity contribution in [3.8, 4) is 67.3 Å². The number of para-hydroxylation sites is 8. The van der Waals surface area contributed by atoms with Gasteiger partial charge in [0.2, 0.25) is 0 Å². The van der Waals surface area contributed by atoms with Crippen molar-refractivity contribution in [1.29, 1.82) is 0 Å². The Hall–Kier alpha value is -14.4. The van der Waals surface area contributed by atoms with Crippen LogP contribution in [-0.4, -0.2) is 25.0 Å². The topological polar surface area (TPSA) is 26.2 Å². The summed E-state index contributed by atoms with van der Waals surface area (Å²) in [5, 5.41) is -5.04. The summed E-state index contributed by atoms with van der Waals surface area (Å²) in [6, 6.07) is 11.7. The maximum Gasteiger partial charge on any atom is 0.257 e. The molecular weight excluding hydrogens is 1460 g/mol. The molecule has 578 valence electrons. The predicted molar refractivity (Wildman–Crippen MR) is 516 cm³/mol. The molecule has 6 nitrogen and oxygen atoms in total. The minimum absolute atomic E-state index is 0.0592. The number of anilines is 6. The Labute approximate surface area is 757 Å². The van der Waals surface area contributed by atoms with Crippen molar-refractivity contribution in [2.24, 2.45) is 0 Å². The van der Waals surface area contributed by atoms with E-state index in [2.05, 4.69) is 0 Å². The zero-order valence-electron chi connectivity index (χ0n) is 103. The molecule has 0 N–H and O–H groups in total. The Morgan fingerprint density at radius 3 is 0.678 bits per heavy atom. The maximum absolute atomic E-state index is 12.8. The molecule has 0 saturated carbocycles. The highest BCUT2D eigenvalue weighted by molar-refractivity contribution is 7.01. The smallest absolute Gasteiger partial charge is 0.257 e. The summed E-state index contributed by atoms with van der Waals surface area (Å²) in [4.78, 5) is 3.38. The number of rotatable bonds is 10. The van der Waals surface area contributed by atoms with Gasteiger partial charge in [0.15, 0.2) is 0 Å². The number of aromatic nitrogens is 4. The molecule has 23 rings (SSSR count). The normalized spacial score (nSPS) is 17.1. The lowest BCUT2D eigenvalue weighted by Gasteiger charge is -2.48. The number of nitrogens with zero attached hydrogens (tertiary/aromatic N) is 6. The van der Waals surface area contributed by atoms with Gasteiger partial charge in [0.1, 0.15) is 0 Å². The van der Waals surface area contributed by atoms with Crippen LogP contribution in [0.1, 0.15) is 128 Å². The monoisotopic (exact) mass is 1590 g/mol. The third-order valence-electron chi connectivity index (χ3n) is 23.5. The maximum atomic E-state index is 12.8. The molecule has 21 aromatic rings. The van der Waals surface area contributed by atoms with Crippen LogP contribution < -0.4 is 26.2 Å².